The summed E-state index contributed by atoms with van der Waals surface area (Å²) in [4.78, 5) is 0.0734. The average Bonchev–Trinajstić information content (AvgIpc) is 2.86. The van der Waals surface area contributed by atoms with Gasteiger partial charge < -0.3 is 0 Å². The van der Waals surface area contributed by atoms with Crippen molar-refractivity contribution in [1.29, 1.82) is 0 Å². The lowest BCUT2D eigenvalue weighted by atomic mass is 10.3. The normalized spacial score (nSPS) is 11.3. The lowest BCUT2D eigenvalue weighted by Gasteiger charge is -2.17. The van der Waals surface area contributed by atoms with Crippen molar-refractivity contribution < 1.29 is 8.42 Å². The highest BCUT2D eigenvalue weighted by Gasteiger charge is 2.26. The van der Waals surface area contributed by atoms with Crippen LogP contribution < -0.4 is 0 Å². The minimum absolute atomic E-state index is 0.0734. The van der Waals surface area contributed by atoms with Crippen molar-refractivity contribution in [2.45, 2.75) is 4.90 Å². The number of rotatable bonds is 4. The Morgan fingerprint density at radius 3 is 2.53 bits per heavy atom. The minimum atomic E-state index is -3.77. The van der Waals surface area contributed by atoms with E-state index in [0.29, 0.717) is 11.0 Å². The molecule has 0 aliphatic carbocycles. The quantitative estimate of drug-likeness (QED) is 0.787. The van der Waals surface area contributed by atoms with Crippen LogP contribution in [0.4, 0.5) is 0 Å². The lowest BCUT2D eigenvalue weighted by molar-refractivity contribution is 0.483. The van der Waals surface area contributed by atoms with Gasteiger partial charge in [0.05, 0.1) is 24.8 Å². The molecular weight excluding hydrogens is 282 g/mol. The van der Waals surface area contributed by atoms with Crippen LogP contribution in [0.3, 0.4) is 0 Å². The summed E-state index contributed by atoms with van der Waals surface area (Å²) in [5, 5.41) is 0. The van der Waals surface area contributed by atoms with Gasteiger partial charge in [0, 0.05) is 0 Å². The van der Waals surface area contributed by atoms with Crippen molar-refractivity contribution in [3.8, 4) is 24.7 Å². The maximum atomic E-state index is 12.5. The first-order valence-corrected chi connectivity index (χ1v) is 7.36. The lowest BCUT2D eigenvalue weighted by Crippen LogP contribution is -2.32. The van der Waals surface area contributed by atoms with Crippen molar-refractivity contribution in [2.75, 3.05) is 13.1 Å². The number of terminal acetylenes is 2. The molecule has 0 spiro atoms. The van der Waals surface area contributed by atoms with Crippen molar-refractivity contribution >= 4 is 32.8 Å². The van der Waals surface area contributed by atoms with Crippen molar-refractivity contribution in [2.24, 2.45) is 0 Å². The van der Waals surface area contributed by atoms with E-state index in [2.05, 4.69) is 20.6 Å². The second-order valence-electron chi connectivity index (χ2n) is 3.57. The van der Waals surface area contributed by atoms with E-state index in [1.807, 2.05) is 0 Å². The van der Waals surface area contributed by atoms with Gasteiger partial charge in [-0.2, -0.15) is 13.1 Å². The second-order valence-corrected chi connectivity index (χ2v) is 6.00. The maximum absolute atomic E-state index is 12.5. The summed E-state index contributed by atoms with van der Waals surface area (Å²) in [6.07, 6.45) is 10.4. The first kappa shape index (κ1) is 13.5. The summed E-state index contributed by atoms with van der Waals surface area (Å²) in [6, 6.07) is 4.78. The second kappa shape index (κ2) is 5.37. The van der Waals surface area contributed by atoms with Gasteiger partial charge in [-0.25, -0.2) is 8.42 Å². The molecule has 0 atom stereocenters. The Morgan fingerprint density at radius 2 is 1.89 bits per heavy atom. The fourth-order valence-corrected chi connectivity index (χ4v) is 3.58. The largest absolute Gasteiger partial charge is 0.247 e. The number of benzene rings is 1. The fraction of sp³-hybridized carbons (Fsp3) is 0.167. The SMILES string of the molecule is C#CCN(CC#C)S(=O)(=O)c1cccc2nsnc12. The predicted octanol–water partition coefficient (Wildman–Crippen LogP) is 0.948. The van der Waals surface area contributed by atoms with Crippen LogP contribution in [0.15, 0.2) is 23.1 Å². The zero-order chi connectivity index (χ0) is 13.9. The summed E-state index contributed by atoms with van der Waals surface area (Å²) in [5.74, 6) is 4.58. The number of hydrogen-bond donors (Lipinski definition) is 0. The third-order valence-corrected chi connectivity index (χ3v) is 4.77. The molecule has 2 rings (SSSR count). The smallest absolute Gasteiger partial charge is 0.207 e. The minimum Gasteiger partial charge on any atom is -0.207 e. The molecule has 0 radical (unpaired) electrons. The predicted molar refractivity (Wildman–Crippen MR) is 73.8 cm³/mol. The third-order valence-electron chi connectivity index (χ3n) is 2.40. The molecule has 1 aromatic heterocycles. The monoisotopic (exact) mass is 291 g/mol. The summed E-state index contributed by atoms with van der Waals surface area (Å²) < 4.78 is 34.1. The Balaban J connectivity index is 2.58. The third kappa shape index (κ3) is 2.45. The van der Waals surface area contributed by atoms with Crippen LogP contribution in [-0.4, -0.2) is 34.6 Å². The fourth-order valence-electron chi connectivity index (χ4n) is 1.56. The van der Waals surface area contributed by atoms with Gasteiger partial charge in [0.2, 0.25) is 10.0 Å². The Labute approximate surface area is 115 Å². The summed E-state index contributed by atoms with van der Waals surface area (Å²) >= 11 is 0.958. The molecular formula is C12H9N3O2S2. The zero-order valence-corrected chi connectivity index (χ0v) is 11.4. The molecule has 0 aliphatic rings. The van der Waals surface area contributed by atoms with Crippen molar-refractivity contribution in [1.82, 2.24) is 13.1 Å². The van der Waals surface area contributed by atoms with E-state index in [1.54, 1.807) is 12.1 Å². The first-order chi connectivity index (χ1) is 9.11. The van der Waals surface area contributed by atoms with Gasteiger partial charge in [-0.05, 0) is 12.1 Å². The number of aromatic nitrogens is 2. The Bertz CT molecular complexity index is 765. The molecule has 0 unspecified atom stereocenters. The van der Waals surface area contributed by atoms with Crippen LogP contribution in [0.25, 0.3) is 11.0 Å². The van der Waals surface area contributed by atoms with E-state index < -0.39 is 10.0 Å². The first-order valence-electron chi connectivity index (χ1n) is 5.19. The van der Waals surface area contributed by atoms with E-state index in [9.17, 15) is 8.42 Å². The molecule has 1 aromatic carbocycles. The maximum Gasteiger partial charge on any atom is 0.247 e. The van der Waals surface area contributed by atoms with Gasteiger partial charge in [0.25, 0.3) is 0 Å². The van der Waals surface area contributed by atoms with Crippen LogP contribution in [0.1, 0.15) is 0 Å². The van der Waals surface area contributed by atoms with Gasteiger partial charge in [-0.1, -0.05) is 17.9 Å². The molecule has 0 saturated heterocycles. The van der Waals surface area contributed by atoms with Crippen molar-refractivity contribution in [3.05, 3.63) is 18.2 Å². The number of nitrogens with zero attached hydrogens (tertiary/aromatic N) is 3. The molecule has 7 heteroatoms. The molecule has 0 aliphatic heterocycles. The highest BCUT2D eigenvalue weighted by atomic mass is 32.2. The van der Waals surface area contributed by atoms with Gasteiger partial charge >= 0.3 is 0 Å². The van der Waals surface area contributed by atoms with Crippen molar-refractivity contribution in [3.63, 3.8) is 0 Å². The van der Waals surface area contributed by atoms with Crippen LogP contribution >= 0.6 is 11.7 Å². The van der Waals surface area contributed by atoms with E-state index in [-0.39, 0.29) is 18.0 Å². The van der Waals surface area contributed by atoms with Crippen LogP contribution in [0.2, 0.25) is 0 Å². The van der Waals surface area contributed by atoms with Gasteiger partial charge in [0.15, 0.2) is 0 Å². The molecule has 19 heavy (non-hydrogen) atoms. The van der Waals surface area contributed by atoms with Gasteiger partial charge in [-0.3, -0.25) is 0 Å². The molecule has 0 N–H and O–H groups in total. The standard InChI is InChI=1S/C12H9N3O2S2/c1-3-8-15(9-4-2)19(16,17)11-7-5-6-10-12(11)14-18-13-10/h1-2,5-7H,8-9H2. The van der Waals surface area contributed by atoms with Crippen LogP contribution in [0, 0.1) is 24.7 Å². The number of hydrogen-bond acceptors (Lipinski definition) is 5. The van der Waals surface area contributed by atoms with E-state index in [4.69, 9.17) is 12.8 Å². The summed E-state index contributed by atoms with van der Waals surface area (Å²) in [6.45, 7) is -0.166. The molecule has 1 heterocycles. The van der Waals surface area contributed by atoms with Crippen LogP contribution in [0.5, 0.6) is 0 Å². The summed E-state index contributed by atoms with van der Waals surface area (Å²) in [7, 11) is -3.77. The average molecular weight is 291 g/mol. The molecule has 0 bridgehead atoms. The number of sulfonamides is 1. The van der Waals surface area contributed by atoms with Crippen LogP contribution in [-0.2, 0) is 10.0 Å². The molecule has 0 amide bonds. The van der Waals surface area contributed by atoms with Gasteiger partial charge in [-0.15, -0.1) is 12.8 Å². The number of fused-ring (bicyclic) bond motifs is 1. The van der Waals surface area contributed by atoms with Gasteiger partial charge in [0.1, 0.15) is 15.9 Å². The van der Waals surface area contributed by atoms with E-state index >= 15 is 0 Å². The summed E-state index contributed by atoms with van der Waals surface area (Å²) in [5.41, 5.74) is 0.874. The zero-order valence-electron chi connectivity index (χ0n) is 9.78. The molecule has 0 saturated carbocycles. The topological polar surface area (TPSA) is 63.2 Å². The van der Waals surface area contributed by atoms with E-state index in [0.717, 1.165) is 16.0 Å². The Morgan fingerprint density at radius 1 is 1.21 bits per heavy atom. The molecule has 2 aromatic rings. The molecule has 96 valence electrons. The Hall–Kier alpha value is -1.93. The highest BCUT2D eigenvalue weighted by molar-refractivity contribution is 7.89. The van der Waals surface area contributed by atoms with E-state index in [1.165, 1.54) is 6.07 Å². The molecule has 5 nitrogen and oxygen atoms in total. The highest BCUT2D eigenvalue weighted by Crippen LogP contribution is 2.23. The Kier molecular flexibility index (Phi) is 3.82. The molecule has 0 fully saturated rings.